The molecule has 2 aromatic carbocycles. The van der Waals surface area contributed by atoms with E-state index in [2.05, 4.69) is 74.0 Å². The van der Waals surface area contributed by atoms with Gasteiger partial charge in [0.15, 0.2) is 0 Å². The highest BCUT2D eigenvalue weighted by Crippen LogP contribution is 2.32. The van der Waals surface area contributed by atoms with Crippen LogP contribution in [-0.2, 0) is 0 Å². The van der Waals surface area contributed by atoms with Gasteiger partial charge in [-0.05, 0) is 42.5 Å². The molecule has 0 saturated carbocycles. The Bertz CT molecular complexity index is 910. The molecule has 0 radical (unpaired) electrons. The number of rotatable bonds is 1. The minimum absolute atomic E-state index is 1.03. The molecule has 0 amide bonds. The van der Waals surface area contributed by atoms with Crippen LogP contribution in [0.2, 0.25) is 0 Å². The van der Waals surface area contributed by atoms with E-state index in [1.54, 1.807) is 0 Å². The first-order valence-corrected chi connectivity index (χ1v) is 7.24. The van der Waals surface area contributed by atoms with Gasteiger partial charge in [0, 0.05) is 21.7 Å². The maximum absolute atomic E-state index is 4.55. The lowest BCUT2D eigenvalue weighted by Crippen LogP contribution is -1.92. The molecule has 0 spiro atoms. The summed E-state index contributed by atoms with van der Waals surface area (Å²) in [7, 11) is 0. The lowest BCUT2D eigenvalue weighted by Gasteiger charge is -2.06. The molecule has 20 heavy (non-hydrogen) atoms. The van der Waals surface area contributed by atoms with Crippen LogP contribution in [0.1, 0.15) is 0 Å². The molecule has 0 bridgehead atoms. The van der Waals surface area contributed by atoms with Crippen molar-refractivity contribution in [1.29, 1.82) is 0 Å². The van der Waals surface area contributed by atoms with Crippen LogP contribution in [0.4, 0.5) is 0 Å². The van der Waals surface area contributed by atoms with Gasteiger partial charge in [-0.3, -0.25) is 4.98 Å². The predicted octanol–water partition coefficient (Wildman–Crippen LogP) is 4.94. The zero-order valence-electron chi connectivity index (χ0n) is 10.6. The standard InChI is InChI=1S/C17H11BrN2/c18-12-8-9-15-14(11-12)17-16(7-4-10-19-17)20(15)13-5-2-1-3-6-13/h1-11H. The maximum Gasteiger partial charge on any atom is 0.0963 e. The van der Waals surface area contributed by atoms with Crippen molar-refractivity contribution in [1.82, 2.24) is 9.55 Å². The average molecular weight is 323 g/mol. The van der Waals surface area contributed by atoms with E-state index in [0.29, 0.717) is 0 Å². The van der Waals surface area contributed by atoms with E-state index in [0.717, 1.165) is 21.2 Å². The highest BCUT2D eigenvalue weighted by atomic mass is 79.9. The van der Waals surface area contributed by atoms with Gasteiger partial charge in [-0.25, -0.2) is 0 Å². The normalized spacial score (nSPS) is 11.2. The summed E-state index contributed by atoms with van der Waals surface area (Å²) in [5.41, 5.74) is 4.50. The molecule has 2 nitrogen and oxygen atoms in total. The smallest absolute Gasteiger partial charge is 0.0963 e. The summed E-state index contributed by atoms with van der Waals surface area (Å²) >= 11 is 3.55. The summed E-state index contributed by atoms with van der Waals surface area (Å²) in [5.74, 6) is 0. The first-order chi connectivity index (χ1) is 9.84. The molecule has 0 saturated heterocycles. The molecule has 0 unspecified atom stereocenters. The minimum atomic E-state index is 1.03. The van der Waals surface area contributed by atoms with Crippen LogP contribution in [0.25, 0.3) is 27.6 Å². The molecule has 3 heteroatoms. The Kier molecular flexibility index (Phi) is 2.60. The van der Waals surface area contributed by atoms with E-state index in [-0.39, 0.29) is 0 Å². The number of hydrogen-bond donors (Lipinski definition) is 0. The summed E-state index contributed by atoms with van der Waals surface area (Å²) in [4.78, 5) is 4.55. The van der Waals surface area contributed by atoms with Crippen LogP contribution in [0, 0.1) is 0 Å². The molecular weight excluding hydrogens is 312 g/mol. The predicted molar refractivity (Wildman–Crippen MR) is 86.3 cm³/mol. The lowest BCUT2D eigenvalue weighted by molar-refractivity contribution is 1.17. The molecule has 0 aliphatic carbocycles. The van der Waals surface area contributed by atoms with Crippen LogP contribution >= 0.6 is 15.9 Å². The fourth-order valence-electron chi connectivity index (χ4n) is 2.66. The molecule has 0 aliphatic rings. The molecular formula is C17H11BrN2. The second kappa shape index (κ2) is 4.46. The van der Waals surface area contributed by atoms with Crippen molar-refractivity contribution >= 4 is 37.9 Å². The Morgan fingerprint density at radius 2 is 1.70 bits per heavy atom. The van der Waals surface area contributed by atoms with Crippen molar-refractivity contribution in [2.45, 2.75) is 0 Å². The summed E-state index contributed by atoms with van der Waals surface area (Å²) < 4.78 is 3.33. The largest absolute Gasteiger partial charge is 0.308 e. The first kappa shape index (κ1) is 11.7. The van der Waals surface area contributed by atoms with Crippen LogP contribution in [0.5, 0.6) is 0 Å². The number of halogens is 1. The van der Waals surface area contributed by atoms with Crippen LogP contribution in [0.3, 0.4) is 0 Å². The molecule has 2 heterocycles. The lowest BCUT2D eigenvalue weighted by atomic mass is 10.2. The molecule has 0 fully saturated rings. The Morgan fingerprint density at radius 1 is 0.850 bits per heavy atom. The molecule has 2 aromatic heterocycles. The third-order valence-electron chi connectivity index (χ3n) is 3.50. The quantitative estimate of drug-likeness (QED) is 0.485. The number of fused-ring (bicyclic) bond motifs is 3. The molecule has 4 aromatic rings. The van der Waals surface area contributed by atoms with Gasteiger partial charge in [0.2, 0.25) is 0 Å². The Labute approximate surface area is 124 Å². The van der Waals surface area contributed by atoms with E-state index in [4.69, 9.17) is 0 Å². The zero-order valence-corrected chi connectivity index (χ0v) is 12.2. The Hall–Kier alpha value is -2.13. The number of pyridine rings is 1. The van der Waals surface area contributed by atoms with Crippen LogP contribution in [-0.4, -0.2) is 9.55 Å². The molecule has 0 N–H and O–H groups in total. The zero-order chi connectivity index (χ0) is 13.5. The number of benzene rings is 2. The van der Waals surface area contributed by atoms with Crippen molar-refractivity contribution in [3.05, 3.63) is 71.3 Å². The molecule has 96 valence electrons. The average Bonchev–Trinajstić information content (AvgIpc) is 2.82. The van der Waals surface area contributed by atoms with E-state index >= 15 is 0 Å². The van der Waals surface area contributed by atoms with E-state index in [9.17, 15) is 0 Å². The third kappa shape index (κ3) is 1.67. The van der Waals surface area contributed by atoms with Gasteiger partial charge in [0.25, 0.3) is 0 Å². The van der Waals surface area contributed by atoms with Crippen molar-refractivity contribution in [2.75, 3.05) is 0 Å². The first-order valence-electron chi connectivity index (χ1n) is 6.45. The third-order valence-corrected chi connectivity index (χ3v) is 3.99. The van der Waals surface area contributed by atoms with Gasteiger partial charge in [-0.15, -0.1) is 0 Å². The van der Waals surface area contributed by atoms with E-state index in [1.165, 1.54) is 10.9 Å². The van der Waals surface area contributed by atoms with Gasteiger partial charge in [0.05, 0.1) is 16.6 Å². The number of nitrogens with zero attached hydrogens (tertiary/aromatic N) is 2. The fourth-order valence-corrected chi connectivity index (χ4v) is 3.02. The summed E-state index contributed by atoms with van der Waals surface area (Å²) in [6, 6.07) is 20.8. The Morgan fingerprint density at radius 3 is 2.55 bits per heavy atom. The monoisotopic (exact) mass is 322 g/mol. The summed E-state index contributed by atoms with van der Waals surface area (Å²) in [5, 5.41) is 1.17. The van der Waals surface area contributed by atoms with Gasteiger partial charge in [-0.2, -0.15) is 0 Å². The van der Waals surface area contributed by atoms with Gasteiger partial charge >= 0.3 is 0 Å². The van der Waals surface area contributed by atoms with E-state index in [1.807, 2.05) is 18.3 Å². The van der Waals surface area contributed by atoms with Crippen molar-refractivity contribution in [2.24, 2.45) is 0 Å². The van der Waals surface area contributed by atoms with E-state index < -0.39 is 0 Å². The van der Waals surface area contributed by atoms with Crippen molar-refractivity contribution < 1.29 is 0 Å². The molecule has 4 rings (SSSR count). The van der Waals surface area contributed by atoms with Gasteiger partial charge < -0.3 is 4.57 Å². The number of hydrogen-bond acceptors (Lipinski definition) is 1. The van der Waals surface area contributed by atoms with Gasteiger partial charge in [0.1, 0.15) is 0 Å². The molecule has 0 aliphatic heterocycles. The minimum Gasteiger partial charge on any atom is -0.308 e. The second-order valence-electron chi connectivity index (χ2n) is 4.70. The van der Waals surface area contributed by atoms with Crippen molar-refractivity contribution in [3.63, 3.8) is 0 Å². The number of aromatic nitrogens is 2. The van der Waals surface area contributed by atoms with Crippen LogP contribution in [0.15, 0.2) is 71.3 Å². The van der Waals surface area contributed by atoms with Crippen LogP contribution < -0.4 is 0 Å². The SMILES string of the molecule is Brc1ccc2c(c1)c1ncccc1n2-c1ccccc1. The maximum atomic E-state index is 4.55. The topological polar surface area (TPSA) is 17.8 Å². The highest BCUT2D eigenvalue weighted by Gasteiger charge is 2.12. The number of para-hydroxylation sites is 1. The van der Waals surface area contributed by atoms with Crippen molar-refractivity contribution in [3.8, 4) is 5.69 Å². The fraction of sp³-hybridized carbons (Fsp3) is 0. The highest BCUT2D eigenvalue weighted by molar-refractivity contribution is 9.10. The summed E-state index contributed by atoms with van der Waals surface area (Å²) in [6.07, 6.45) is 1.85. The molecule has 0 atom stereocenters. The second-order valence-corrected chi connectivity index (χ2v) is 5.62. The van der Waals surface area contributed by atoms with Gasteiger partial charge in [-0.1, -0.05) is 34.1 Å². The summed E-state index contributed by atoms with van der Waals surface area (Å²) in [6.45, 7) is 0. The Balaban J connectivity index is 2.22.